The summed E-state index contributed by atoms with van der Waals surface area (Å²) < 4.78 is 0. The Morgan fingerprint density at radius 2 is 1.87 bits per heavy atom. The molecule has 0 spiro atoms. The van der Waals surface area contributed by atoms with Gasteiger partial charge < -0.3 is 10.6 Å². The Balaban J connectivity index is 1.64. The maximum absolute atomic E-state index is 12.3. The van der Waals surface area contributed by atoms with Crippen molar-refractivity contribution in [2.45, 2.75) is 13.0 Å². The molecular formula is C16H15N5OS. The molecule has 116 valence electrons. The van der Waals surface area contributed by atoms with Gasteiger partial charge in [0.1, 0.15) is 5.69 Å². The number of anilines is 2. The van der Waals surface area contributed by atoms with Gasteiger partial charge in [-0.2, -0.15) is 0 Å². The van der Waals surface area contributed by atoms with E-state index in [1.807, 2.05) is 37.3 Å². The van der Waals surface area contributed by atoms with Crippen molar-refractivity contribution in [1.29, 1.82) is 0 Å². The molecule has 2 aromatic heterocycles. The summed E-state index contributed by atoms with van der Waals surface area (Å²) in [7, 11) is 0. The molecule has 0 radical (unpaired) electrons. The second-order valence-corrected chi connectivity index (χ2v) is 5.70. The predicted octanol–water partition coefficient (Wildman–Crippen LogP) is 3.17. The third-order valence-corrected chi connectivity index (χ3v) is 3.93. The number of rotatable bonds is 5. The van der Waals surface area contributed by atoms with Gasteiger partial charge in [-0.3, -0.25) is 4.79 Å². The molecule has 0 aliphatic rings. The summed E-state index contributed by atoms with van der Waals surface area (Å²) in [5.74, 6) is 0.242. The molecule has 7 heteroatoms. The fourth-order valence-electron chi connectivity index (χ4n) is 1.99. The summed E-state index contributed by atoms with van der Waals surface area (Å²) in [4.78, 5) is 24.7. The van der Waals surface area contributed by atoms with E-state index < -0.39 is 0 Å². The number of thiazole rings is 1. The van der Waals surface area contributed by atoms with E-state index in [2.05, 4.69) is 25.6 Å². The zero-order valence-electron chi connectivity index (χ0n) is 12.4. The lowest BCUT2D eigenvalue weighted by atomic mass is 10.1. The van der Waals surface area contributed by atoms with Crippen molar-refractivity contribution in [1.82, 2.24) is 20.3 Å². The maximum atomic E-state index is 12.3. The molecule has 0 saturated carbocycles. The lowest BCUT2D eigenvalue weighted by Crippen LogP contribution is -2.26. The van der Waals surface area contributed by atoms with Crippen LogP contribution in [0.3, 0.4) is 0 Å². The highest BCUT2D eigenvalue weighted by Crippen LogP contribution is 2.19. The standard InChI is InChI=1S/C16H15N5OS/c1-11(12-6-3-2-4-7-12)19-14(22)13-10-23-16(20-13)21-15-17-8-5-9-18-15/h2-11H,1H3,(H,19,22)(H,17,18,20,21). The van der Waals surface area contributed by atoms with Crippen LogP contribution < -0.4 is 10.6 Å². The van der Waals surface area contributed by atoms with Crippen LogP contribution in [0.2, 0.25) is 0 Å². The molecule has 1 atom stereocenters. The van der Waals surface area contributed by atoms with Gasteiger partial charge in [0.05, 0.1) is 6.04 Å². The van der Waals surface area contributed by atoms with Crippen LogP contribution in [-0.2, 0) is 0 Å². The molecule has 1 aromatic carbocycles. The van der Waals surface area contributed by atoms with E-state index >= 15 is 0 Å². The summed E-state index contributed by atoms with van der Waals surface area (Å²) in [6.07, 6.45) is 3.27. The van der Waals surface area contributed by atoms with Gasteiger partial charge in [-0.05, 0) is 18.6 Å². The van der Waals surface area contributed by atoms with Gasteiger partial charge in [0, 0.05) is 17.8 Å². The second-order valence-electron chi connectivity index (χ2n) is 4.84. The Morgan fingerprint density at radius 1 is 1.13 bits per heavy atom. The van der Waals surface area contributed by atoms with E-state index in [1.54, 1.807) is 23.8 Å². The molecule has 0 saturated heterocycles. The largest absolute Gasteiger partial charge is 0.344 e. The van der Waals surface area contributed by atoms with Crippen LogP contribution in [0.4, 0.5) is 11.1 Å². The number of benzene rings is 1. The minimum absolute atomic E-state index is 0.0840. The van der Waals surface area contributed by atoms with Crippen LogP contribution in [0.1, 0.15) is 29.0 Å². The second kappa shape index (κ2) is 6.97. The molecule has 0 aliphatic carbocycles. The number of amides is 1. The van der Waals surface area contributed by atoms with Crippen molar-refractivity contribution in [3.05, 3.63) is 65.4 Å². The summed E-state index contributed by atoms with van der Waals surface area (Å²) >= 11 is 1.33. The average molecular weight is 325 g/mol. The van der Waals surface area contributed by atoms with Crippen LogP contribution in [0, 0.1) is 0 Å². The van der Waals surface area contributed by atoms with Gasteiger partial charge in [-0.25, -0.2) is 15.0 Å². The Labute approximate surface area is 137 Å². The van der Waals surface area contributed by atoms with Crippen molar-refractivity contribution in [2.24, 2.45) is 0 Å². The number of hydrogen-bond donors (Lipinski definition) is 2. The molecule has 0 aliphatic heterocycles. The van der Waals surface area contributed by atoms with Crippen LogP contribution in [0.15, 0.2) is 54.2 Å². The molecule has 3 rings (SSSR count). The molecule has 1 unspecified atom stereocenters. The molecule has 1 amide bonds. The third-order valence-electron chi connectivity index (χ3n) is 3.17. The summed E-state index contributed by atoms with van der Waals surface area (Å²) in [6.45, 7) is 1.94. The van der Waals surface area contributed by atoms with Crippen molar-refractivity contribution in [3.8, 4) is 0 Å². The van der Waals surface area contributed by atoms with Crippen LogP contribution in [0.5, 0.6) is 0 Å². The monoisotopic (exact) mass is 325 g/mol. The lowest BCUT2D eigenvalue weighted by molar-refractivity contribution is 0.0935. The lowest BCUT2D eigenvalue weighted by Gasteiger charge is -2.13. The van der Waals surface area contributed by atoms with E-state index in [0.29, 0.717) is 16.8 Å². The number of hydrogen-bond acceptors (Lipinski definition) is 6. The Bertz CT molecular complexity index is 775. The van der Waals surface area contributed by atoms with E-state index in [9.17, 15) is 4.79 Å². The summed E-state index contributed by atoms with van der Waals surface area (Å²) in [6, 6.07) is 11.4. The number of carbonyl (C=O) groups excluding carboxylic acids is 1. The smallest absolute Gasteiger partial charge is 0.271 e. The van der Waals surface area contributed by atoms with E-state index in [0.717, 1.165) is 5.56 Å². The highest BCUT2D eigenvalue weighted by atomic mass is 32.1. The van der Waals surface area contributed by atoms with E-state index in [-0.39, 0.29) is 11.9 Å². The van der Waals surface area contributed by atoms with Gasteiger partial charge in [-0.1, -0.05) is 30.3 Å². The molecule has 0 bridgehead atoms. The first-order valence-corrected chi connectivity index (χ1v) is 7.96. The topological polar surface area (TPSA) is 79.8 Å². The van der Waals surface area contributed by atoms with Crippen molar-refractivity contribution < 1.29 is 4.79 Å². The van der Waals surface area contributed by atoms with Crippen LogP contribution in [0.25, 0.3) is 0 Å². The molecule has 2 N–H and O–H groups in total. The minimum Gasteiger partial charge on any atom is -0.344 e. The summed E-state index contributed by atoms with van der Waals surface area (Å²) in [5.41, 5.74) is 1.42. The van der Waals surface area contributed by atoms with Gasteiger partial charge in [-0.15, -0.1) is 11.3 Å². The van der Waals surface area contributed by atoms with Gasteiger partial charge in [0.15, 0.2) is 5.13 Å². The molecule has 2 heterocycles. The fourth-order valence-corrected chi connectivity index (χ4v) is 2.67. The number of carbonyl (C=O) groups is 1. The number of nitrogens with zero attached hydrogens (tertiary/aromatic N) is 3. The first kappa shape index (κ1) is 15.1. The number of aromatic nitrogens is 3. The van der Waals surface area contributed by atoms with Crippen LogP contribution >= 0.6 is 11.3 Å². The number of nitrogens with one attached hydrogen (secondary N) is 2. The summed E-state index contributed by atoms with van der Waals surface area (Å²) in [5, 5.41) is 8.19. The van der Waals surface area contributed by atoms with Gasteiger partial charge in [0.2, 0.25) is 5.95 Å². The minimum atomic E-state index is -0.209. The Kier molecular flexibility index (Phi) is 4.58. The van der Waals surface area contributed by atoms with E-state index in [4.69, 9.17) is 0 Å². The first-order chi connectivity index (χ1) is 11.2. The van der Waals surface area contributed by atoms with Crippen LogP contribution in [-0.4, -0.2) is 20.9 Å². The molecule has 3 aromatic rings. The van der Waals surface area contributed by atoms with Gasteiger partial charge in [0.25, 0.3) is 5.91 Å². The third kappa shape index (κ3) is 3.89. The molecular weight excluding hydrogens is 310 g/mol. The maximum Gasteiger partial charge on any atom is 0.271 e. The van der Waals surface area contributed by atoms with Crippen molar-refractivity contribution >= 4 is 28.3 Å². The van der Waals surface area contributed by atoms with Crippen molar-refractivity contribution in [2.75, 3.05) is 5.32 Å². The SMILES string of the molecule is CC(NC(=O)c1csc(Nc2ncccn2)n1)c1ccccc1. The highest BCUT2D eigenvalue weighted by molar-refractivity contribution is 7.14. The Hall–Kier alpha value is -2.80. The fraction of sp³-hybridized carbons (Fsp3) is 0.125. The molecule has 0 fully saturated rings. The zero-order valence-corrected chi connectivity index (χ0v) is 13.2. The molecule has 23 heavy (non-hydrogen) atoms. The zero-order chi connectivity index (χ0) is 16.1. The highest BCUT2D eigenvalue weighted by Gasteiger charge is 2.14. The normalized spacial score (nSPS) is 11.7. The predicted molar refractivity (Wildman–Crippen MR) is 89.8 cm³/mol. The van der Waals surface area contributed by atoms with Gasteiger partial charge >= 0.3 is 0 Å². The Morgan fingerprint density at radius 3 is 2.61 bits per heavy atom. The quantitative estimate of drug-likeness (QED) is 0.753. The molecule has 6 nitrogen and oxygen atoms in total. The van der Waals surface area contributed by atoms with Crippen molar-refractivity contribution in [3.63, 3.8) is 0 Å². The first-order valence-electron chi connectivity index (χ1n) is 7.08. The van der Waals surface area contributed by atoms with E-state index in [1.165, 1.54) is 11.3 Å². The average Bonchev–Trinajstić information content (AvgIpc) is 3.05.